The third-order valence-corrected chi connectivity index (χ3v) is 8.56. The molecule has 0 aliphatic heterocycles. The lowest BCUT2D eigenvalue weighted by Crippen LogP contribution is -2.23. The third-order valence-electron chi connectivity index (χ3n) is 5.89. The Morgan fingerprint density at radius 3 is 2.20 bits per heavy atom. The predicted molar refractivity (Wildman–Crippen MR) is 154 cm³/mol. The molecule has 0 amide bonds. The zero-order valence-corrected chi connectivity index (χ0v) is 24.6. The molecule has 208 valence electrons. The van der Waals surface area contributed by atoms with Crippen LogP contribution in [0.2, 0.25) is 20.1 Å². The largest absolute Gasteiger partial charge is 0.454 e. The quantitative estimate of drug-likeness (QED) is 0.188. The number of nitrogens with one attached hydrogen (secondary N) is 1. The summed E-state index contributed by atoms with van der Waals surface area (Å²) in [4.78, 5) is 37.9. The monoisotopic (exact) mass is 641 g/mol. The first-order chi connectivity index (χ1) is 18.8. The highest BCUT2D eigenvalue weighted by Gasteiger charge is 2.27. The number of carbonyl (C=O) groups excluding carboxylic acids is 2. The molecule has 1 heterocycles. The number of hydrogen-bond acceptors (Lipinski definition) is 6. The summed E-state index contributed by atoms with van der Waals surface area (Å²) in [6, 6.07) is 14.8. The van der Waals surface area contributed by atoms with E-state index < -0.39 is 38.8 Å². The Morgan fingerprint density at radius 1 is 0.900 bits per heavy atom. The second kappa shape index (κ2) is 11.7. The average molecular weight is 643 g/mol. The van der Waals surface area contributed by atoms with E-state index in [4.69, 9.17) is 51.1 Å². The number of hydrogen-bond donors (Lipinski definition) is 1. The normalized spacial score (nSPS) is 11.3. The number of anilines is 1. The number of nitrogens with zero attached hydrogens (tertiary/aromatic N) is 2. The molecule has 14 heteroatoms. The molecule has 3 aromatic carbocycles. The minimum absolute atomic E-state index is 0.0695. The summed E-state index contributed by atoms with van der Waals surface area (Å²) >= 11 is 24.2. The topological polar surface area (TPSA) is 116 Å². The van der Waals surface area contributed by atoms with Crippen molar-refractivity contribution in [2.45, 2.75) is 11.8 Å². The molecule has 9 nitrogen and oxygen atoms in total. The van der Waals surface area contributed by atoms with Crippen molar-refractivity contribution in [1.29, 1.82) is 0 Å². The molecule has 0 aliphatic carbocycles. The number of carbonyl (C=O) groups is 2. The Bertz CT molecular complexity index is 1820. The van der Waals surface area contributed by atoms with E-state index in [1.807, 2.05) is 0 Å². The second-order valence-corrected chi connectivity index (χ2v) is 11.7. The molecule has 0 saturated heterocycles. The zero-order chi connectivity index (χ0) is 29.4. The third kappa shape index (κ3) is 5.91. The molecule has 40 heavy (non-hydrogen) atoms. The lowest BCUT2D eigenvalue weighted by Gasteiger charge is -2.12. The minimum atomic E-state index is -4.50. The van der Waals surface area contributed by atoms with Crippen LogP contribution in [-0.2, 0) is 21.8 Å². The van der Waals surface area contributed by atoms with E-state index in [0.717, 1.165) is 12.1 Å². The lowest BCUT2D eigenvalue weighted by atomic mass is 10.1. The van der Waals surface area contributed by atoms with Crippen LogP contribution in [0.1, 0.15) is 26.4 Å². The van der Waals surface area contributed by atoms with Crippen molar-refractivity contribution in [2.75, 3.05) is 11.3 Å². The van der Waals surface area contributed by atoms with Gasteiger partial charge in [0.15, 0.2) is 6.61 Å². The lowest BCUT2D eigenvalue weighted by molar-refractivity contribution is 0.0474. The van der Waals surface area contributed by atoms with E-state index in [1.165, 1.54) is 27.6 Å². The first-order valence-electron chi connectivity index (χ1n) is 11.3. The van der Waals surface area contributed by atoms with Crippen molar-refractivity contribution >= 4 is 73.9 Å². The van der Waals surface area contributed by atoms with E-state index in [1.54, 1.807) is 44.3 Å². The van der Waals surface area contributed by atoms with Crippen molar-refractivity contribution < 1.29 is 22.7 Å². The summed E-state index contributed by atoms with van der Waals surface area (Å²) in [5, 5.41) is -0.137. The molecule has 0 atom stereocenters. The number of aromatic nitrogens is 2. The van der Waals surface area contributed by atoms with Crippen LogP contribution < -0.4 is 10.3 Å². The number of sulfonamides is 1. The molecule has 0 spiro atoms. The van der Waals surface area contributed by atoms with Crippen molar-refractivity contribution in [3.63, 3.8) is 0 Å². The summed E-state index contributed by atoms with van der Waals surface area (Å²) in [5.74, 6) is -1.71. The van der Waals surface area contributed by atoms with Gasteiger partial charge in [0.05, 0.1) is 32.0 Å². The van der Waals surface area contributed by atoms with E-state index in [2.05, 4.69) is 4.72 Å². The van der Waals surface area contributed by atoms with Crippen LogP contribution in [0.3, 0.4) is 0 Å². The molecule has 0 bridgehead atoms. The fraction of sp³-hybridized carbons (Fsp3) is 0.115. The van der Waals surface area contributed by atoms with Crippen LogP contribution in [0.5, 0.6) is 0 Å². The Kier molecular flexibility index (Phi) is 8.67. The Hall–Kier alpha value is -3.28. The van der Waals surface area contributed by atoms with Crippen LogP contribution in [0.4, 0.5) is 5.69 Å². The maximum Gasteiger partial charge on any atom is 0.340 e. The van der Waals surface area contributed by atoms with Crippen molar-refractivity contribution in [2.24, 2.45) is 7.05 Å². The van der Waals surface area contributed by atoms with E-state index in [-0.39, 0.29) is 31.9 Å². The van der Waals surface area contributed by atoms with Gasteiger partial charge < -0.3 is 4.74 Å². The number of ketones is 1. The Labute approximate surface area is 248 Å². The SMILES string of the molecule is Cc1c(NS(=O)(=O)c2cc(C(=O)OCC(=O)c3ccc(Cl)cc3Cl)c(Cl)cc2Cl)c(=O)n(-c2ccccc2)n1C. The fourth-order valence-corrected chi connectivity index (χ4v) is 6.25. The minimum Gasteiger partial charge on any atom is -0.454 e. The number of esters is 1. The smallest absolute Gasteiger partial charge is 0.340 e. The first kappa shape index (κ1) is 29.7. The summed E-state index contributed by atoms with van der Waals surface area (Å²) < 4.78 is 36.8. The van der Waals surface area contributed by atoms with Gasteiger partial charge in [0.1, 0.15) is 10.6 Å². The van der Waals surface area contributed by atoms with Crippen molar-refractivity contribution in [3.05, 3.63) is 108 Å². The summed E-state index contributed by atoms with van der Waals surface area (Å²) in [6.07, 6.45) is 0. The molecule has 0 radical (unpaired) electrons. The van der Waals surface area contributed by atoms with Crippen LogP contribution >= 0.6 is 46.4 Å². The standard InChI is InChI=1S/C26H19Cl4N3O6S/c1-14-24(25(35)33(32(14)2)16-6-4-3-5-7-16)31-40(37,38)23-11-18(20(29)12-21(23)30)26(36)39-13-22(34)17-9-8-15(27)10-19(17)28/h3-12,31H,13H2,1-2H3. The maximum atomic E-state index is 13.4. The summed E-state index contributed by atoms with van der Waals surface area (Å²) in [7, 11) is -2.90. The molecule has 1 N–H and O–H groups in total. The summed E-state index contributed by atoms with van der Waals surface area (Å²) in [5.41, 5.74) is -0.291. The van der Waals surface area contributed by atoms with E-state index in [9.17, 15) is 22.8 Å². The van der Waals surface area contributed by atoms with E-state index >= 15 is 0 Å². The van der Waals surface area contributed by atoms with Gasteiger partial charge in [-0.3, -0.25) is 19.0 Å². The molecule has 0 unspecified atom stereocenters. The molecule has 1 aromatic heterocycles. The van der Waals surface area contributed by atoms with Gasteiger partial charge in [-0.2, -0.15) is 0 Å². The average Bonchev–Trinajstić information content (AvgIpc) is 3.10. The van der Waals surface area contributed by atoms with Crippen LogP contribution in [0.15, 0.2) is 70.4 Å². The van der Waals surface area contributed by atoms with Crippen LogP contribution in [-0.4, -0.2) is 36.1 Å². The van der Waals surface area contributed by atoms with Gasteiger partial charge in [-0.1, -0.05) is 64.6 Å². The maximum absolute atomic E-state index is 13.4. The Balaban J connectivity index is 1.62. The fourth-order valence-electron chi connectivity index (χ4n) is 3.77. The first-order valence-corrected chi connectivity index (χ1v) is 14.3. The van der Waals surface area contributed by atoms with Gasteiger partial charge in [-0.25, -0.2) is 17.9 Å². The molecule has 4 rings (SSSR count). The molecular weight excluding hydrogens is 624 g/mol. The molecular formula is C26H19Cl4N3O6S. The number of ether oxygens (including phenoxy) is 1. The van der Waals surface area contributed by atoms with Gasteiger partial charge in [0.2, 0.25) is 5.78 Å². The highest BCUT2D eigenvalue weighted by Crippen LogP contribution is 2.31. The van der Waals surface area contributed by atoms with Crippen molar-refractivity contribution in [1.82, 2.24) is 9.36 Å². The number of rotatable bonds is 8. The van der Waals surface area contributed by atoms with Crippen LogP contribution in [0, 0.1) is 6.92 Å². The van der Waals surface area contributed by atoms with Crippen LogP contribution in [0.25, 0.3) is 5.69 Å². The van der Waals surface area contributed by atoms with E-state index in [0.29, 0.717) is 16.4 Å². The number of para-hydroxylation sites is 1. The number of benzene rings is 3. The summed E-state index contributed by atoms with van der Waals surface area (Å²) in [6.45, 7) is 0.858. The van der Waals surface area contributed by atoms with Crippen molar-refractivity contribution in [3.8, 4) is 5.69 Å². The van der Waals surface area contributed by atoms with Gasteiger partial charge in [0.25, 0.3) is 15.6 Å². The Morgan fingerprint density at radius 2 is 1.55 bits per heavy atom. The van der Waals surface area contributed by atoms with Gasteiger partial charge in [0, 0.05) is 17.6 Å². The highest BCUT2D eigenvalue weighted by molar-refractivity contribution is 7.92. The zero-order valence-electron chi connectivity index (χ0n) is 20.7. The number of Topliss-reactive ketones (excluding diaryl/α,β-unsaturated/α-hetero) is 1. The molecule has 4 aromatic rings. The van der Waals surface area contributed by atoms with Gasteiger partial charge in [-0.05, 0) is 49.4 Å². The highest BCUT2D eigenvalue weighted by atomic mass is 35.5. The second-order valence-electron chi connectivity index (χ2n) is 8.43. The molecule has 0 saturated carbocycles. The molecule has 0 aliphatic rings. The molecule has 0 fully saturated rings. The predicted octanol–water partition coefficient (Wildman–Crippen LogP) is 5.94. The van der Waals surface area contributed by atoms with Gasteiger partial charge in [-0.15, -0.1) is 0 Å². The van der Waals surface area contributed by atoms with Gasteiger partial charge >= 0.3 is 5.97 Å². The number of halogens is 4.